The summed E-state index contributed by atoms with van der Waals surface area (Å²) in [7, 11) is 1.61. The van der Waals surface area contributed by atoms with E-state index in [9.17, 15) is 19.8 Å². The predicted octanol–water partition coefficient (Wildman–Crippen LogP) is 5.25. The molecule has 1 aromatic heterocycles. The third kappa shape index (κ3) is 4.81. The first-order chi connectivity index (χ1) is 18.8. The van der Waals surface area contributed by atoms with Crippen molar-refractivity contribution in [1.82, 2.24) is 9.88 Å². The first kappa shape index (κ1) is 25.9. The molecule has 0 unspecified atom stereocenters. The number of phenols is 1. The maximum atomic E-state index is 13.4. The van der Waals surface area contributed by atoms with E-state index in [1.165, 1.54) is 11.0 Å². The summed E-state index contributed by atoms with van der Waals surface area (Å²) < 4.78 is 10.9. The van der Waals surface area contributed by atoms with Gasteiger partial charge in [0.25, 0.3) is 11.7 Å². The zero-order valence-electron chi connectivity index (χ0n) is 22.0. The summed E-state index contributed by atoms with van der Waals surface area (Å²) in [6, 6.07) is 16.7. The molecule has 0 radical (unpaired) electrons. The molecule has 1 atom stereocenters. The number of aryl methyl sites for hydroxylation is 1. The number of fused-ring (bicyclic) bond motifs is 1. The van der Waals surface area contributed by atoms with Crippen LogP contribution in [0.15, 0.2) is 72.4 Å². The first-order valence-electron chi connectivity index (χ1n) is 12.8. The number of hydrogen-bond donors (Lipinski definition) is 3. The molecule has 0 saturated carbocycles. The van der Waals surface area contributed by atoms with Crippen LogP contribution in [0.4, 0.5) is 0 Å². The van der Waals surface area contributed by atoms with Crippen LogP contribution in [0.5, 0.6) is 17.2 Å². The number of aromatic hydroxyl groups is 1. The Morgan fingerprint density at radius 3 is 2.54 bits per heavy atom. The van der Waals surface area contributed by atoms with Crippen molar-refractivity contribution in [3.05, 3.63) is 94.7 Å². The van der Waals surface area contributed by atoms with Crippen LogP contribution in [-0.2, 0) is 16.0 Å². The number of nitrogens with zero attached hydrogens (tertiary/aromatic N) is 1. The van der Waals surface area contributed by atoms with E-state index in [1.54, 1.807) is 38.3 Å². The van der Waals surface area contributed by atoms with Gasteiger partial charge < -0.3 is 29.6 Å². The van der Waals surface area contributed by atoms with E-state index >= 15 is 0 Å². The number of nitrogens with one attached hydrogen (secondary N) is 1. The summed E-state index contributed by atoms with van der Waals surface area (Å²) >= 11 is 0. The smallest absolute Gasteiger partial charge is 0.295 e. The Bertz CT molecular complexity index is 1580. The summed E-state index contributed by atoms with van der Waals surface area (Å²) in [4.78, 5) is 31.5. The third-order valence-corrected chi connectivity index (χ3v) is 7.06. The fraction of sp³-hybridized carbons (Fsp3) is 0.226. The van der Waals surface area contributed by atoms with Gasteiger partial charge in [0.05, 0.1) is 25.3 Å². The van der Waals surface area contributed by atoms with Crippen LogP contribution in [0.1, 0.15) is 35.2 Å². The molecule has 200 valence electrons. The summed E-state index contributed by atoms with van der Waals surface area (Å²) in [6.45, 7) is 4.26. The van der Waals surface area contributed by atoms with Gasteiger partial charge >= 0.3 is 0 Å². The Morgan fingerprint density at radius 1 is 1.05 bits per heavy atom. The van der Waals surface area contributed by atoms with Crippen molar-refractivity contribution < 1.29 is 29.3 Å². The fourth-order valence-electron chi connectivity index (χ4n) is 5.03. The number of aromatic nitrogens is 1. The minimum absolute atomic E-state index is 0.00223. The highest BCUT2D eigenvalue weighted by molar-refractivity contribution is 6.46. The highest BCUT2D eigenvalue weighted by Gasteiger charge is 2.46. The van der Waals surface area contributed by atoms with Crippen molar-refractivity contribution in [2.45, 2.75) is 26.3 Å². The molecule has 0 bridgehead atoms. The fourth-order valence-corrected chi connectivity index (χ4v) is 5.03. The molecule has 8 heteroatoms. The largest absolute Gasteiger partial charge is 0.507 e. The maximum Gasteiger partial charge on any atom is 0.295 e. The molecular weight excluding hydrogens is 496 g/mol. The third-order valence-electron chi connectivity index (χ3n) is 7.06. The van der Waals surface area contributed by atoms with Gasteiger partial charge in [-0.3, -0.25) is 9.59 Å². The van der Waals surface area contributed by atoms with E-state index in [0.717, 1.165) is 27.8 Å². The Morgan fingerprint density at radius 2 is 1.82 bits per heavy atom. The second-order valence-electron chi connectivity index (χ2n) is 9.49. The minimum Gasteiger partial charge on any atom is -0.507 e. The number of rotatable bonds is 8. The highest BCUT2D eigenvalue weighted by atomic mass is 16.5. The number of ketones is 1. The van der Waals surface area contributed by atoms with Crippen molar-refractivity contribution in [3.8, 4) is 17.2 Å². The number of benzene rings is 3. The Labute approximate surface area is 226 Å². The number of methoxy groups -OCH3 is 1. The van der Waals surface area contributed by atoms with Gasteiger partial charge in [-0.05, 0) is 61.7 Å². The lowest BCUT2D eigenvalue weighted by Crippen LogP contribution is -2.31. The number of ether oxygens (including phenoxy) is 2. The summed E-state index contributed by atoms with van der Waals surface area (Å²) in [5, 5.41) is 22.6. The lowest BCUT2D eigenvalue weighted by Gasteiger charge is -2.26. The summed E-state index contributed by atoms with van der Waals surface area (Å²) in [5.74, 6) is -0.802. The van der Waals surface area contributed by atoms with Gasteiger partial charge in [0.2, 0.25) is 0 Å². The lowest BCUT2D eigenvalue weighted by molar-refractivity contribution is -0.139. The normalized spacial score (nSPS) is 16.7. The molecule has 0 spiro atoms. The molecule has 2 heterocycles. The number of carbonyl (C=O) groups is 2. The van der Waals surface area contributed by atoms with Crippen molar-refractivity contribution in [3.63, 3.8) is 0 Å². The number of aromatic amines is 1. The molecule has 1 aliphatic rings. The second-order valence-corrected chi connectivity index (χ2v) is 9.49. The van der Waals surface area contributed by atoms with Crippen LogP contribution >= 0.6 is 0 Å². The van der Waals surface area contributed by atoms with Crippen LogP contribution in [0.3, 0.4) is 0 Å². The minimum atomic E-state index is -0.870. The number of H-pyrrole nitrogens is 1. The summed E-state index contributed by atoms with van der Waals surface area (Å²) in [6.07, 6.45) is 2.34. The number of amides is 1. The van der Waals surface area contributed by atoms with Gasteiger partial charge in [-0.2, -0.15) is 0 Å². The van der Waals surface area contributed by atoms with Crippen molar-refractivity contribution in [1.29, 1.82) is 0 Å². The molecule has 1 saturated heterocycles. The Balaban J connectivity index is 1.58. The number of aliphatic hydroxyl groups excluding tert-OH is 1. The topological polar surface area (TPSA) is 112 Å². The van der Waals surface area contributed by atoms with Crippen molar-refractivity contribution in [2.75, 3.05) is 20.3 Å². The molecule has 8 nitrogen and oxygen atoms in total. The monoisotopic (exact) mass is 526 g/mol. The highest BCUT2D eigenvalue weighted by Crippen LogP contribution is 2.42. The van der Waals surface area contributed by atoms with Crippen LogP contribution in [0.25, 0.3) is 16.7 Å². The molecule has 5 rings (SSSR count). The van der Waals surface area contributed by atoms with Crippen LogP contribution < -0.4 is 9.47 Å². The quantitative estimate of drug-likeness (QED) is 0.164. The Hall–Kier alpha value is -4.72. The van der Waals surface area contributed by atoms with Crippen LogP contribution in [0.2, 0.25) is 0 Å². The summed E-state index contributed by atoms with van der Waals surface area (Å²) in [5.41, 5.74) is 3.88. The molecule has 0 aliphatic carbocycles. The molecular formula is C31H30N2O6. The van der Waals surface area contributed by atoms with E-state index in [0.29, 0.717) is 24.2 Å². The zero-order chi connectivity index (χ0) is 27.7. The van der Waals surface area contributed by atoms with E-state index in [-0.39, 0.29) is 29.4 Å². The average molecular weight is 527 g/mol. The molecule has 39 heavy (non-hydrogen) atoms. The number of phenolic OH excluding ortho intramolecular Hbond substituents is 1. The van der Waals surface area contributed by atoms with Crippen molar-refractivity contribution in [2.24, 2.45) is 0 Å². The van der Waals surface area contributed by atoms with Gasteiger partial charge in [0.15, 0.2) is 11.5 Å². The van der Waals surface area contributed by atoms with Crippen LogP contribution in [0, 0.1) is 6.92 Å². The van der Waals surface area contributed by atoms with Crippen molar-refractivity contribution >= 4 is 28.4 Å². The lowest BCUT2D eigenvalue weighted by atomic mass is 9.94. The molecule has 4 aromatic rings. The SMILES string of the molecule is CCOc1cc([C@H]2C(=C(O)c3ccc(C)cc3)C(=O)C(=O)N2CCc2c[nH]c3ccc(OC)cc23)ccc1O. The molecule has 3 N–H and O–H groups in total. The van der Waals surface area contributed by atoms with Gasteiger partial charge in [0.1, 0.15) is 11.5 Å². The molecule has 1 fully saturated rings. The molecule has 1 aliphatic heterocycles. The van der Waals surface area contributed by atoms with Crippen LogP contribution in [-0.4, -0.2) is 52.0 Å². The average Bonchev–Trinajstić information content (AvgIpc) is 3.46. The zero-order valence-corrected chi connectivity index (χ0v) is 22.0. The van der Waals surface area contributed by atoms with Gasteiger partial charge in [-0.25, -0.2) is 0 Å². The number of aliphatic hydroxyl groups is 1. The first-order valence-corrected chi connectivity index (χ1v) is 12.8. The van der Waals surface area contributed by atoms with E-state index in [1.807, 2.05) is 43.5 Å². The van der Waals surface area contributed by atoms with E-state index in [4.69, 9.17) is 9.47 Å². The molecule has 1 amide bonds. The Kier molecular flexibility index (Phi) is 7.02. The number of hydrogen-bond acceptors (Lipinski definition) is 6. The number of carbonyl (C=O) groups excluding carboxylic acids is 2. The number of likely N-dealkylation sites (tertiary alicyclic amines) is 1. The van der Waals surface area contributed by atoms with E-state index < -0.39 is 17.7 Å². The van der Waals surface area contributed by atoms with E-state index in [2.05, 4.69) is 4.98 Å². The second kappa shape index (κ2) is 10.6. The maximum absolute atomic E-state index is 13.4. The van der Waals surface area contributed by atoms with Gasteiger partial charge in [-0.1, -0.05) is 35.9 Å². The molecule has 3 aromatic carbocycles. The standard InChI is InChI=1S/C31H30N2O6/c1-4-39-26-15-20(9-12-25(26)34)28-27(29(35)19-7-5-18(2)6-8-19)30(36)31(37)33(28)14-13-21-17-32-24-11-10-22(38-3)16-23(21)24/h5-12,15-17,28,32,34-35H,4,13-14H2,1-3H3/t28-/m0/s1. The van der Waals surface area contributed by atoms with Gasteiger partial charge in [0, 0.05) is 29.2 Å². The predicted molar refractivity (Wildman–Crippen MR) is 148 cm³/mol. The number of Topliss-reactive ketones (excluding diaryl/α,β-unsaturated/α-hetero) is 1. The van der Waals surface area contributed by atoms with Gasteiger partial charge in [-0.15, -0.1) is 0 Å².